The highest BCUT2D eigenvalue weighted by Gasteiger charge is 2.12. The number of halogens is 2. The fourth-order valence-electron chi connectivity index (χ4n) is 1.83. The summed E-state index contributed by atoms with van der Waals surface area (Å²) in [6.45, 7) is 1.47. The van der Waals surface area contributed by atoms with Gasteiger partial charge in [-0.2, -0.15) is 0 Å². The van der Waals surface area contributed by atoms with Gasteiger partial charge in [0, 0.05) is 10.1 Å². The molecule has 0 unspecified atom stereocenters. The van der Waals surface area contributed by atoms with Crippen molar-refractivity contribution in [2.45, 2.75) is 13.5 Å². The summed E-state index contributed by atoms with van der Waals surface area (Å²) in [4.78, 5) is 23.6. The maximum Gasteiger partial charge on any atom is 0.339 e. The van der Waals surface area contributed by atoms with Crippen LogP contribution in [0.15, 0.2) is 42.5 Å². The van der Waals surface area contributed by atoms with Crippen LogP contribution in [0.1, 0.15) is 21.5 Å². The van der Waals surface area contributed by atoms with Gasteiger partial charge in [-0.05, 0) is 58.8 Å². The zero-order chi connectivity index (χ0) is 16.8. The minimum Gasteiger partial charge on any atom is -0.452 e. The van der Waals surface area contributed by atoms with E-state index in [2.05, 4.69) is 5.32 Å². The van der Waals surface area contributed by atoms with E-state index in [1.807, 2.05) is 28.7 Å². The molecule has 0 aromatic heterocycles. The van der Waals surface area contributed by atoms with Crippen LogP contribution in [0.3, 0.4) is 0 Å². The predicted molar refractivity (Wildman–Crippen MR) is 92.4 cm³/mol. The molecule has 0 spiro atoms. The van der Waals surface area contributed by atoms with Gasteiger partial charge in [-0.1, -0.05) is 24.3 Å². The van der Waals surface area contributed by atoms with E-state index in [-0.39, 0.29) is 19.0 Å². The minimum absolute atomic E-state index is 0.177. The molecule has 0 atom stereocenters. The average Bonchev–Trinajstić information content (AvgIpc) is 2.54. The highest BCUT2D eigenvalue weighted by atomic mass is 127. The number of aryl methyl sites for hydroxylation is 1. The molecule has 1 N–H and O–H groups in total. The van der Waals surface area contributed by atoms with Crippen molar-refractivity contribution in [1.29, 1.82) is 0 Å². The third-order valence-corrected chi connectivity index (χ3v) is 4.09. The normalized spacial score (nSPS) is 10.2. The molecule has 1 amide bonds. The Hall–Kier alpha value is -1.96. The largest absolute Gasteiger partial charge is 0.452 e. The molecule has 23 heavy (non-hydrogen) atoms. The maximum atomic E-state index is 13.4. The quantitative estimate of drug-likeness (QED) is 0.589. The Balaban J connectivity index is 1.82. The van der Waals surface area contributed by atoms with Gasteiger partial charge >= 0.3 is 5.97 Å². The topological polar surface area (TPSA) is 55.4 Å². The number of hydrogen-bond acceptors (Lipinski definition) is 3. The molecule has 0 saturated carbocycles. The lowest BCUT2D eigenvalue weighted by molar-refractivity contribution is -0.124. The van der Waals surface area contributed by atoms with Gasteiger partial charge in [0.15, 0.2) is 6.61 Å². The molecule has 0 saturated heterocycles. The molecule has 2 aromatic rings. The van der Waals surface area contributed by atoms with Crippen molar-refractivity contribution in [1.82, 2.24) is 5.32 Å². The van der Waals surface area contributed by atoms with Gasteiger partial charge < -0.3 is 10.1 Å². The summed E-state index contributed by atoms with van der Waals surface area (Å²) in [6.07, 6.45) is 0. The molecule has 2 aromatic carbocycles. The molecule has 6 heteroatoms. The van der Waals surface area contributed by atoms with Crippen LogP contribution in [0.2, 0.25) is 0 Å². The zero-order valence-corrected chi connectivity index (χ0v) is 14.6. The number of ether oxygens (including phenoxy) is 1. The van der Waals surface area contributed by atoms with Crippen molar-refractivity contribution in [3.8, 4) is 0 Å². The van der Waals surface area contributed by atoms with Gasteiger partial charge in [0.2, 0.25) is 0 Å². The Kier molecular flexibility index (Phi) is 6.09. The molecule has 0 aliphatic heterocycles. The summed E-state index contributed by atoms with van der Waals surface area (Å²) in [5.74, 6) is -1.31. The number of benzene rings is 2. The molecule has 2 rings (SSSR count). The van der Waals surface area contributed by atoms with Gasteiger partial charge in [-0.3, -0.25) is 4.79 Å². The Labute approximate surface area is 147 Å². The van der Waals surface area contributed by atoms with E-state index in [0.29, 0.717) is 16.7 Å². The Morgan fingerprint density at radius 2 is 1.96 bits per heavy atom. The number of nitrogens with one attached hydrogen (secondary N) is 1. The van der Waals surface area contributed by atoms with Crippen LogP contribution >= 0.6 is 22.6 Å². The minimum atomic E-state index is -0.550. The Morgan fingerprint density at radius 3 is 2.65 bits per heavy atom. The molecular weight excluding hydrogens is 412 g/mol. The molecule has 0 fully saturated rings. The molecule has 0 aliphatic rings. The summed E-state index contributed by atoms with van der Waals surface area (Å²) < 4.78 is 19.1. The monoisotopic (exact) mass is 427 g/mol. The molecule has 0 bridgehead atoms. The first kappa shape index (κ1) is 17.4. The van der Waals surface area contributed by atoms with Crippen LogP contribution in [0.25, 0.3) is 0 Å². The standard InChI is InChI=1S/C17H15FINO3/c1-11-6-7-12(8-14(11)18)9-20-16(21)10-23-17(22)13-4-2-3-5-15(13)19/h2-8H,9-10H2,1H3,(H,20,21). The second-order valence-corrected chi connectivity index (χ2v) is 6.08. The molecule has 0 aliphatic carbocycles. The highest BCUT2D eigenvalue weighted by molar-refractivity contribution is 14.1. The Morgan fingerprint density at radius 1 is 1.22 bits per heavy atom. The third kappa shape index (κ3) is 5.02. The van der Waals surface area contributed by atoms with Crippen molar-refractivity contribution in [3.05, 3.63) is 68.5 Å². The van der Waals surface area contributed by atoms with Crippen LogP contribution in [0, 0.1) is 16.3 Å². The maximum absolute atomic E-state index is 13.4. The number of hydrogen-bond donors (Lipinski definition) is 1. The van der Waals surface area contributed by atoms with Crippen molar-refractivity contribution in [2.24, 2.45) is 0 Å². The number of rotatable bonds is 5. The van der Waals surface area contributed by atoms with Gasteiger partial charge in [0.25, 0.3) is 5.91 Å². The van der Waals surface area contributed by atoms with Crippen molar-refractivity contribution in [2.75, 3.05) is 6.61 Å². The number of carbonyl (C=O) groups is 2. The second-order valence-electron chi connectivity index (χ2n) is 4.92. The summed E-state index contributed by atoms with van der Waals surface area (Å²) >= 11 is 2.03. The van der Waals surface area contributed by atoms with Crippen LogP contribution in [-0.4, -0.2) is 18.5 Å². The fraction of sp³-hybridized carbons (Fsp3) is 0.176. The summed E-state index contributed by atoms with van der Waals surface area (Å²) in [5.41, 5.74) is 1.61. The zero-order valence-electron chi connectivity index (χ0n) is 12.4. The lowest BCUT2D eigenvalue weighted by Gasteiger charge is -2.08. The van der Waals surface area contributed by atoms with Crippen LogP contribution < -0.4 is 5.32 Å². The van der Waals surface area contributed by atoms with Gasteiger partial charge in [0.05, 0.1) is 5.56 Å². The van der Waals surface area contributed by atoms with Crippen LogP contribution in [-0.2, 0) is 16.1 Å². The lowest BCUT2D eigenvalue weighted by Crippen LogP contribution is -2.28. The number of amides is 1. The fourth-order valence-corrected chi connectivity index (χ4v) is 2.44. The molecule has 0 radical (unpaired) electrons. The van der Waals surface area contributed by atoms with Gasteiger partial charge in [-0.25, -0.2) is 9.18 Å². The van der Waals surface area contributed by atoms with E-state index < -0.39 is 11.9 Å². The van der Waals surface area contributed by atoms with E-state index in [9.17, 15) is 14.0 Å². The van der Waals surface area contributed by atoms with E-state index >= 15 is 0 Å². The SMILES string of the molecule is Cc1ccc(CNC(=O)COC(=O)c2ccccc2I)cc1F. The van der Waals surface area contributed by atoms with Crippen LogP contribution in [0.5, 0.6) is 0 Å². The van der Waals surface area contributed by atoms with Crippen molar-refractivity contribution >= 4 is 34.5 Å². The van der Waals surface area contributed by atoms with E-state index in [0.717, 1.165) is 3.57 Å². The number of esters is 1. The predicted octanol–water partition coefficient (Wildman–Crippen LogP) is 3.21. The summed E-state index contributed by atoms with van der Waals surface area (Å²) in [7, 11) is 0. The Bertz CT molecular complexity index is 734. The van der Waals surface area contributed by atoms with E-state index in [1.54, 1.807) is 37.3 Å². The number of carbonyl (C=O) groups excluding carboxylic acids is 2. The first-order valence-corrected chi connectivity index (χ1v) is 7.98. The molecular formula is C17H15FINO3. The molecule has 4 nitrogen and oxygen atoms in total. The van der Waals surface area contributed by atoms with Crippen molar-refractivity contribution in [3.63, 3.8) is 0 Å². The first-order valence-electron chi connectivity index (χ1n) is 6.91. The van der Waals surface area contributed by atoms with Gasteiger partial charge in [0.1, 0.15) is 5.82 Å². The average molecular weight is 427 g/mol. The lowest BCUT2D eigenvalue weighted by atomic mass is 10.1. The van der Waals surface area contributed by atoms with Gasteiger partial charge in [-0.15, -0.1) is 0 Å². The van der Waals surface area contributed by atoms with E-state index in [4.69, 9.17) is 4.74 Å². The molecule has 0 heterocycles. The molecule has 120 valence electrons. The second kappa shape index (κ2) is 8.05. The highest BCUT2D eigenvalue weighted by Crippen LogP contribution is 2.12. The summed E-state index contributed by atoms with van der Waals surface area (Å²) in [6, 6.07) is 11.7. The smallest absolute Gasteiger partial charge is 0.339 e. The summed E-state index contributed by atoms with van der Waals surface area (Å²) in [5, 5.41) is 2.58. The van der Waals surface area contributed by atoms with E-state index in [1.165, 1.54) is 6.07 Å². The van der Waals surface area contributed by atoms with Crippen LogP contribution in [0.4, 0.5) is 4.39 Å². The third-order valence-electron chi connectivity index (χ3n) is 3.15. The van der Waals surface area contributed by atoms with Crippen molar-refractivity contribution < 1.29 is 18.7 Å². The first-order chi connectivity index (χ1) is 11.0.